The maximum Gasteiger partial charge on any atom is 0.241 e. The van der Waals surface area contributed by atoms with Crippen LogP contribution < -0.4 is 4.72 Å². The van der Waals surface area contributed by atoms with Crippen molar-refractivity contribution in [3.05, 3.63) is 72.2 Å². The molecule has 0 radical (unpaired) electrons. The fourth-order valence-corrected chi connectivity index (χ4v) is 2.62. The zero-order chi connectivity index (χ0) is 13.7. The third-order valence-corrected chi connectivity index (χ3v) is 4.18. The van der Waals surface area contributed by atoms with Crippen LogP contribution in [0.4, 0.5) is 0 Å². The number of sulfonamides is 1. The molecule has 2 rings (SSSR count). The number of nitrogens with one attached hydrogen (secondary N) is 1. The molecule has 0 fully saturated rings. The number of allylic oxidation sites excluding steroid dienone is 5. The molecule has 0 unspecified atom stereocenters. The first-order chi connectivity index (χ1) is 9.08. The standard InChI is InChI=1S/C15H16NO2S/c1-13-7-9-15(10-8-13)19(17,18)16-12-11-14-5-3-2-4-6-14/h2-11,16H,12H2,1H3/q+1. The summed E-state index contributed by atoms with van der Waals surface area (Å²) in [6.07, 6.45) is 11.5. The Morgan fingerprint density at radius 2 is 1.95 bits per heavy atom. The molecule has 4 heteroatoms. The predicted molar refractivity (Wildman–Crippen MR) is 77.0 cm³/mol. The van der Waals surface area contributed by atoms with Crippen LogP contribution >= 0.6 is 0 Å². The fourth-order valence-electron chi connectivity index (χ4n) is 1.66. The summed E-state index contributed by atoms with van der Waals surface area (Å²) in [5, 5.41) is 0. The van der Waals surface area contributed by atoms with E-state index in [1.165, 1.54) is 0 Å². The summed E-state index contributed by atoms with van der Waals surface area (Å²) in [6.45, 7) is 2.20. The Morgan fingerprint density at radius 1 is 1.21 bits per heavy atom. The topological polar surface area (TPSA) is 46.2 Å². The van der Waals surface area contributed by atoms with Gasteiger partial charge in [-0.05, 0) is 19.1 Å². The summed E-state index contributed by atoms with van der Waals surface area (Å²) >= 11 is 0. The Bertz CT molecular complexity index is 623. The van der Waals surface area contributed by atoms with Gasteiger partial charge < -0.3 is 0 Å². The van der Waals surface area contributed by atoms with Crippen molar-refractivity contribution in [2.75, 3.05) is 6.54 Å². The van der Waals surface area contributed by atoms with Crippen LogP contribution in [-0.2, 0) is 10.0 Å². The summed E-state index contributed by atoms with van der Waals surface area (Å²) in [7, 11) is -3.43. The average molecular weight is 274 g/mol. The maximum absolute atomic E-state index is 12.0. The highest BCUT2D eigenvalue weighted by Gasteiger charge is 2.13. The second-order valence-corrected chi connectivity index (χ2v) is 6.05. The lowest BCUT2D eigenvalue weighted by molar-refractivity contribution is 0.585. The van der Waals surface area contributed by atoms with E-state index >= 15 is 0 Å². The molecule has 1 aliphatic carbocycles. The minimum Gasteiger partial charge on any atom is -0.207 e. The average Bonchev–Trinajstić information content (AvgIpc) is 2.40. The molecule has 1 aromatic carbocycles. The van der Waals surface area contributed by atoms with Gasteiger partial charge in [-0.2, -0.15) is 4.72 Å². The number of hydrogen-bond donors (Lipinski definition) is 1. The molecule has 0 heterocycles. The molecule has 1 aliphatic rings. The van der Waals surface area contributed by atoms with Gasteiger partial charge in [0.15, 0.2) is 0 Å². The number of aryl methyl sites for hydroxylation is 1. The fraction of sp³-hybridized carbons (Fsp3) is 0.133. The molecule has 0 saturated carbocycles. The van der Waals surface area contributed by atoms with Crippen LogP contribution in [0, 0.1) is 13.3 Å². The Balaban J connectivity index is 2.00. The molecule has 0 aromatic heterocycles. The summed E-state index contributed by atoms with van der Waals surface area (Å²) in [5.74, 6) is 0. The van der Waals surface area contributed by atoms with E-state index in [1.807, 2.05) is 43.7 Å². The highest BCUT2D eigenvalue weighted by Crippen LogP contribution is 2.11. The predicted octanol–water partition coefficient (Wildman–Crippen LogP) is 2.53. The van der Waals surface area contributed by atoms with Gasteiger partial charge in [0.05, 0.1) is 17.0 Å². The first-order valence-corrected chi connectivity index (χ1v) is 7.51. The van der Waals surface area contributed by atoms with Crippen molar-refractivity contribution in [3.8, 4) is 0 Å². The monoisotopic (exact) mass is 274 g/mol. The van der Waals surface area contributed by atoms with Gasteiger partial charge in [0.1, 0.15) is 0 Å². The second kappa shape index (κ2) is 5.91. The van der Waals surface area contributed by atoms with Gasteiger partial charge in [0.25, 0.3) is 0 Å². The van der Waals surface area contributed by atoms with Gasteiger partial charge in [-0.25, -0.2) is 8.42 Å². The summed E-state index contributed by atoms with van der Waals surface area (Å²) in [4.78, 5) is 0.291. The Morgan fingerprint density at radius 3 is 2.58 bits per heavy atom. The van der Waals surface area contributed by atoms with Crippen LogP contribution in [0.5, 0.6) is 0 Å². The van der Waals surface area contributed by atoms with Crippen molar-refractivity contribution in [2.45, 2.75) is 11.8 Å². The van der Waals surface area contributed by atoms with Crippen molar-refractivity contribution in [3.63, 3.8) is 0 Å². The van der Waals surface area contributed by atoms with E-state index < -0.39 is 10.0 Å². The highest BCUT2D eigenvalue weighted by molar-refractivity contribution is 7.89. The normalized spacial score (nSPS) is 16.6. The number of hydrogen-bond acceptors (Lipinski definition) is 2. The van der Waals surface area contributed by atoms with Crippen molar-refractivity contribution in [1.29, 1.82) is 0 Å². The van der Waals surface area contributed by atoms with E-state index in [0.717, 1.165) is 11.1 Å². The molecule has 0 spiro atoms. The molecular formula is C15H16NO2S+. The summed E-state index contributed by atoms with van der Waals surface area (Å²) in [6, 6.07) is 6.80. The molecular weight excluding hydrogens is 258 g/mol. The molecule has 19 heavy (non-hydrogen) atoms. The van der Waals surface area contributed by atoms with Gasteiger partial charge in [-0.3, -0.25) is 0 Å². The van der Waals surface area contributed by atoms with Crippen LogP contribution in [0.2, 0.25) is 0 Å². The third-order valence-electron chi connectivity index (χ3n) is 2.74. The first kappa shape index (κ1) is 13.6. The molecule has 0 atom stereocenters. The van der Waals surface area contributed by atoms with Crippen LogP contribution in [0.3, 0.4) is 0 Å². The van der Waals surface area contributed by atoms with E-state index in [-0.39, 0.29) is 6.54 Å². The van der Waals surface area contributed by atoms with E-state index in [0.29, 0.717) is 4.90 Å². The summed E-state index contributed by atoms with van der Waals surface area (Å²) < 4.78 is 26.6. The van der Waals surface area contributed by atoms with E-state index in [4.69, 9.17) is 0 Å². The zero-order valence-electron chi connectivity index (χ0n) is 10.7. The lowest BCUT2D eigenvalue weighted by atomic mass is 10.1. The second-order valence-electron chi connectivity index (χ2n) is 4.28. The van der Waals surface area contributed by atoms with Gasteiger partial charge in [-0.15, -0.1) is 0 Å². The quantitative estimate of drug-likeness (QED) is 0.858. The number of rotatable bonds is 4. The van der Waals surface area contributed by atoms with E-state index in [1.54, 1.807) is 24.3 Å². The molecule has 1 aromatic rings. The van der Waals surface area contributed by atoms with Crippen LogP contribution in [0.1, 0.15) is 5.56 Å². The van der Waals surface area contributed by atoms with Crippen LogP contribution in [0.25, 0.3) is 0 Å². The molecule has 0 saturated heterocycles. The van der Waals surface area contributed by atoms with Crippen molar-refractivity contribution in [2.24, 2.45) is 0 Å². The minimum absolute atomic E-state index is 0.278. The Labute approximate surface area is 114 Å². The zero-order valence-corrected chi connectivity index (χ0v) is 11.5. The molecule has 0 aliphatic heterocycles. The van der Waals surface area contributed by atoms with Gasteiger partial charge >= 0.3 is 0 Å². The Hall–Kier alpha value is -1.78. The first-order valence-electron chi connectivity index (χ1n) is 6.02. The van der Waals surface area contributed by atoms with Crippen molar-refractivity contribution in [1.82, 2.24) is 4.72 Å². The maximum atomic E-state index is 12.0. The molecule has 3 nitrogen and oxygen atoms in total. The molecule has 98 valence electrons. The van der Waals surface area contributed by atoms with Crippen LogP contribution in [0.15, 0.2) is 65.1 Å². The molecule has 0 bridgehead atoms. The molecule has 1 N–H and O–H groups in total. The van der Waals surface area contributed by atoms with Crippen molar-refractivity contribution >= 4 is 10.0 Å². The summed E-state index contributed by atoms with van der Waals surface area (Å²) in [5.41, 5.74) is 2.03. The van der Waals surface area contributed by atoms with Crippen molar-refractivity contribution < 1.29 is 8.42 Å². The highest BCUT2D eigenvalue weighted by atomic mass is 32.2. The lowest BCUT2D eigenvalue weighted by Gasteiger charge is -2.04. The van der Waals surface area contributed by atoms with Gasteiger partial charge in [0.2, 0.25) is 10.0 Å². The number of benzene rings is 1. The van der Waals surface area contributed by atoms with Gasteiger partial charge in [0, 0.05) is 36.8 Å². The lowest BCUT2D eigenvalue weighted by Crippen LogP contribution is -2.24. The van der Waals surface area contributed by atoms with E-state index in [2.05, 4.69) is 4.72 Å². The largest absolute Gasteiger partial charge is 0.241 e. The SMILES string of the molecule is Cc1ccc(S(=O)(=O)NC/C=C2/C=CC=C[CH+]2)cc1. The third kappa shape index (κ3) is 3.84. The van der Waals surface area contributed by atoms with E-state index in [9.17, 15) is 8.42 Å². The smallest absolute Gasteiger partial charge is 0.207 e. The Kier molecular flexibility index (Phi) is 4.24. The van der Waals surface area contributed by atoms with Gasteiger partial charge in [-0.1, -0.05) is 17.7 Å². The van der Waals surface area contributed by atoms with Crippen LogP contribution in [-0.4, -0.2) is 15.0 Å². The minimum atomic E-state index is -3.43. The molecule has 0 amide bonds.